The highest BCUT2D eigenvalue weighted by molar-refractivity contribution is 5.68. The summed E-state index contributed by atoms with van der Waals surface area (Å²) in [5.74, 6) is -0.142. The average molecular weight is 203 g/mol. The number of aliphatic hydroxyl groups excluding tert-OH is 1. The minimum atomic E-state index is -0.142. The van der Waals surface area contributed by atoms with E-state index in [0.29, 0.717) is 6.42 Å². The lowest BCUT2D eigenvalue weighted by atomic mass is 10.1. The van der Waals surface area contributed by atoms with Gasteiger partial charge in [-0.15, -0.1) is 0 Å². The van der Waals surface area contributed by atoms with E-state index in [0.717, 1.165) is 32.1 Å². The van der Waals surface area contributed by atoms with Crippen LogP contribution in [0, 0.1) is 0 Å². The maximum Gasteiger partial charge on any atom is 0.305 e. The first-order valence-corrected chi connectivity index (χ1v) is 5.14. The van der Waals surface area contributed by atoms with Gasteiger partial charge in [0.1, 0.15) is 0 Å². The van der Waals surface area contributed by atoms with Crippen molar-refractivity contribution in [2.45, 2.75) is 44.6 Å². The fourth-order valence-electron chi connectivity index (χ4n) is 1.22. The van der Waals surface area contributed by atoms with Crippen molar-refractivity contribution in [3.05, 3.63) is 0 Å². The molecule has 0 amide bonds. The van der Waals surface area contributed by atoms with Crippen molar-refractivity contribution in [2.24, 2.45) is 5.73 Å². The topological polar surface area (TPSA) is 72.5 Å². The fraction of sp³-hybridized carbons (Fsp3) is 0.900. The molecule has 1 unspecified atom stereocenters. The van der Waals surface area contributed by atoms with Gasteiger partial charge in [0.05, 0.1) is 13.7 Å². The molecule has 0 heterocycles. The molecule has 0 rings (SSSR count). The number of rotatable bonds is 8. The summed E-state index contributed by atoms with van der Waals surface area (Å²) >= 11 is 0. The van der Waals surface area contributed by atoms with E-state index < -0.39 is 0 Å². The molecule has 0 radical (unpaired) electrons. The van der Waals surface area contributed by atoms with Gasteiger partial charge in [-0.2, -0.15) is 0 Å². The number of hydrogen-bond donors (Lipinski definition) is 2. The van der Waals surface area contributed by atoms with Crippen LogP contribution in [-0.4, -0.2) is 30.8 Å². The predicted molar refractivity (Wildman–Crippen MR) is 54.8 cm³/mol. The SMILES string of the molecule is COC(=O)CCCCCCC(N)CO. The Labute approximate surface area is 85.4 Å². The first-order valence-electron chi connectivity index (χ1n) is 5.14. The van der Waals surface area contributed by atoms with Crippen molar-refractivity contribution in [3.63, 3.8) is 0 Å². The maximum absolute atomic E-state index is 10.7. The summed E-state index contributed by atoms with van der Waals surface area (Å²) in [4.78, 5) is 10.7. The van der Waals surface area contributed by atoms with Crippen LogP contribution in [0.5, 0.6) is 0 Å². The van der Waals surface area contributed by atoms with E-state index in [9.17, 15) is 4.79 Å². The summed E-state index contributed by atoms with van der Waals surface area (Å²) < 4.78 is 4.52. The number of aliphatic hydroxyl groups is 1. The van der Waals surface area contributed by atoms with Crippen molar-refractivity contribution in [2.75, 3.05) is 13.7 Å². The second kappa shape index (κ2) is 8.97. The standard InChI is InChI=1S/C10H21NO3/c1-14-10(13)7-5-3-2-4-6-9(11)8-12/h9,12H,2-8,11H2,1H3. The molecule has 0 aliphatic carbocycles. The van der Waals surface area contributed by atoms with Crippen LogP contribution >= 0.6 is 0 Å². The molecule has 1 atom stereocenters. The van der Waals surface area contributed by atoms with Crippen molar-refractivity contribution >= 4 is 5.97 Å². The molecule has 4 nitrogen and oxygen atoms in total. The Balaban J connectivity index is 3.10. The minimum Gasteiger partial charge on any atom is -0.469 e. The molecule has 0 aromatic rings. The van der Waals surface area contributed by atoms with Gasteiger partial charge >= 0.3 is 5.97 Å². The number of nitrogens with two attached hydrogens (primary N) is 1. The van der Waals surface area contributed by atoms with Crippen LogP contribution in [-0.2, 0) is 9.53 Å². The van der Waals surface area contributed by atoms with Crippen LogP contribution in [0.25, 0.3) is 0 Å². The normalized spacial score (nSPS) is 12.5. The van der Waals surface area contributed by atoms with Crippen LogP contribution in [0.3, 0.4) is 0 Å². The number of hydrogen-bond acceptors (Lipinski definition) is 4. The number of esters is 1. The van der Waals surface area contributed by atoms with Crippen molar-refractivity contribution < 1.29 is 14.6 Å². The van der Waals surface area contributed by atoms with Gasteiger partial charge in [-0.3, -0.25) is 4.79 Å². The van der Waals surface area contributed by atoms with Gasteiger partial charge in [0, 0.05) is 12.5 Å². The van der Waals surface area contributed by atoms with Crippen LogP contribution < -0.4 is 5.73 Å². The lowest BCUT2D eigenvalue weighted by molar-refractivity contribution is -0.140. The van der Waals surface area contributed by atoms with Crippen LogP contribution in [0.15, 0.2) is 0 Å². The first-order chi connectivity index (χ1) is 6.70. The van der Waals surface area contributed by atoms with Crippen molar-refractivity contribution in [1.82, 2.24) is 0 Å². The molecule has 3 N–H and O–H groups in total. The predicted octanol–water partition coefficient (Wildman–Crippen LogP) is 0.820. The monoisotopic (exact) mass is 203 g/mol. The van der Waals surface area contributed by atoms with E-state index in [1.807, 2.05) is 0 Å². The van der Waals surface area contributed by atoms with E-state index in [1.54, 1.807) is 0 Å². The molecule has 0 aliphatic heterocycles. The zero-order valence-electron chi connectivity index (χ0n) is 8.87. The number of carbonyl (C=O) groups is 1. The van der Waals surface area contributed by atoms with E-state index in [-0.39, 0.29) is 18.6 Å². The molecule has 84 valence electrons. The smallest absolute Gasteiger partial charge is 0.305 e. The van der Waals surface area contributed by atoms with Gasteiger partial charge in [0.15, 0.2) is 0 Å². The zero-order chi connectivity index (χ0) is 10.8. The molecule has 14 heavy (non-hydrogen) atoms. The lowest BCUT2D eigenvalue weighted by Crippen LogP contribution is -2.23. The second-order valence-corrected chi connectivity index (χ2v) is 3.47. The summed E-state index contributed by atoms with van der Waals surface area (Å²) in [6.45, 7) is 0.0577. The van der Waals surface area contributed by atoms with Crippen molar-refractivity contribution in [1.29, 1.82) is 0 Å². The quantitative estimate of drug-likeness (QED) is 0.452. The summed E-state index contributed by atoms with van der Waals surface area (Å²) in [5.41, 5.74) is 5.53. The largest absolute Gasteiger partial charge is 0.469 e. The highest BCUT2D eigenvalue weighted by atomic mass is 16.5. The van der Waals surface area contributed by atoms with E-state index >= 15 is 0 Å². The highest BCUT2D eigenvalue weighted by Crippen LogP contribution is 2.06. The minimum absolute atomic E-state index is 0.0577. The Morgan fingerprint density at radius 3 is 2.57 bits per heavy atom. The highest BCUT2D eigenvalue weighted by Gasteiger charge is 2.01. The molecule has 0 aliphatic rings. The second-order valence-electron chi connectivity index (χ2n) is 3.47. The van der Waals surface area contributed by atoms with Crippen LogP contribution in [0.1, 0.15) is 38.5 Å². The van der Waals surface area contributed by atoms with E-state index in [1.165, 1.54) is 7.11 Å². The summed E-state index contributed by atoms with van der Waals surface area (Å²) in [5, 5.41) is 8.66. The Hall–Kier alpha value is -0.610. The van der Waals surface area contributed by atoms with Crippen LogP contribution in [0.4, 0.5) is 0 Å². The molecule has 0 aromatic heterocycles. The fourth-order valence-corrected chi connectivity index (χ4v) is 1.22. The molecule has 0 spiro atoms. The van der Waals surface area contributed by atoms with Gasteiger partial charge in [-0.25, -0.2) is 0 Å². The van der Waals surface area contributed by atoms with Crippen LogP contribution in [0.2, 0.25) is 0 Å². The summed E-state index contributed by atoms with van der Waals surface area (Å²) in [7, 11) is 1.41. The third kappa shape index (κ3) is 8.01. The molecular formula is C10H21NO3. The maximum atomic E-state index is 10.7. The van der Waals surface area contributed by atoms with Gasteiger partial charge in [0.2, 0.25) is 0 Å². The molecule has 0 aromatic carbocycles. The third-order valence-electron chi connectivity index (χ3n) is 2.17. The molecule has 0 saturated heterocycles. The van der Waals surface area contributed by atoms with Gasteiger partial charge in [0.25, 0.3) is 0 Å². The Bertz CT molecular complexity index is 150. The lowest BCUT2D eigenvalue weighted by Gasteiger charge is -2.06. The first kappa shape index (κ1) is 13.4. The number of unbranched alkanes of at least 4 members (excludes halogenated alkanes) is 3. The summed E-state index contributed by atoms with van der Waals surface area (Å²) in [6, 6.07) is -0.0874. The average Bonchev–Trinajstić information content (AvgIpc) is 2.22. The molecule has 4 heteroatoms. The zero-order valence-corrected chi connectivity index (χ0v) is 8.87. The number of ether oxygens (including phenoxy) is 1. The Morgan fingerprint density at radius 1 is 1.36 bits per heavy atom. The Kier molecular flexibility index (Phi) is 8.57. The van der Waals surface area contributed by atoms with Gasteiger partial charge in [-0.1, -0.05) is 19.3 Å². The molecular weight excluding hydrogens is 182 g/mol. The number of carbonyl (C=O) groups excluding carboxylic acids is 1. The molecule has 0 fully saturated rings. The summed E-state index contributed by atoms with van der Waals surface area (Å²) in [6.07, 6.45) is 5.33. The van der Waals surface area contributed by atoms with Crippen molar-refractivity contribution in [3.8, 4) is 0 Å². The number of methoxy groups -OCH3 is 1. The Morgan fingerprint density at radius 2 is 2.00 bits per heavy atom. The van der Waals surface area contributed by atoms with Gasteiger partial charge < -0.3 is 15.6 Å². The molecule has 0 saturated carbocycles. The van der Waals surface area contributed by atoms with Gasteiger partial charge in [-0.05, 0) is 12.8 Å². The van der Waals surface area contributed by atoms with E-state index in [4.69, 9.17) is 10.8 Å². The third-order valence-corrected chi connectivity index (χ3v) is 2.17. The van der Waals surface area contributed by atoms with E-state index in [2.05, 4.69) is 4.74 Å². The molecule has 0 bridgehead atoms.